The van der Waals surface area contributed by atoms with Gasteiger partial charge < -0.3 is 16.0 Å². The second kappa shape index (κ2) is 11.9. The summed E-state index contributed by atoms with van der Waals surface area (Å²) in [7, 11) is 0. The summed E-state index contributed by atoms with van der Waals surface area (Å²) in [5.41, 5.74) is 3.61. The number of benzene rings is 2. The van der Waals surface area contributed by atoms with E-state index in [0.29, 0.717) is 23.7 Å². The largest absolute Gasteiger partial charge is 0.332 e. The minimum Gasteiger partial charge on any atom is -0.332 e. The molecule has 0 aliphatic rings. The van der Waals surface area contributed by atoms with E-state index in [0.717, 1.165) is 5.56 Å². The van der Waals surface area contributed by atoms with Crippen molar-refractivity contribution < 1.29 is 9.59 Å². The summed E-state index contributed by atoms with van der Waals surface area (Å²) in [5, 5.41) is 11.5. The van der Waals surface area contributed by atoms with Gasteiger partial charge in [-0.15, -0.1) is 0 Å². The summed E-state index contributed by atoms with van der Waals surface area (Å²) in [6.07, 6.45) is 3.53. The average Bonchev–Trinajstić information content (AvgIpc) is 2.73. The molecule has 162 valence electrons. The maximum Gasteiger partial charge on any atom is 0.250 e. The highest BCUT2D eigenvalue weighted by Gasteiger charge is 2.04. The first-order chi connectivity index (χ1) is 14.8. The highest BCUT2D eigenvalue weighted by atomic mass is 32.1. The first-order valence-electron chi connectivity index (χ1n) is 9.87. The molecule has 0 atom stereocenters. The molecule has 2 amide bonds. The molecule has 0 aliphatic heterocycles. The molecule has 8 heteroatoms. The maximum absolute atomic E-state index is 12.1. The van der Waals surface area contributed by atoms with Crippen LogP contribution in [-0.2, 0) is 9.59 Å². The van der Waals surface area contributed by atoms with Gasteiger partial charge in [0.15, 0.2) is 10.2 Å². The first-order valence-corrected chi connectivity index (χ1v) is 10.7. The number of carbonyl (C=O) groups excluding carboxylic acids is 2. The number of rotatable bonds is 6. The molecule has 2 aromatic rings. The van der Waals surface area contributed by atoms with Crippen molar-refractivity contribution in [3.05, 3.63) is 65.7 Å². The van der Waals surface area contributed by atoms with Gasteiger partial charge in [0.2, 0.25) is 11.8 Å². The fraction of sp³-hybridized carbons (Fsp3) is 0.217. The Kier molecular flexibility index (Phi) is 9.30. The average molecular weight is 455 g/mol. The standard InChI is InChI=1S/C23H26N4O2S2/c1-4-20(28)26-22(30)24-18-10-12-19(13-11-18)25-23(31)27-21(29)14-7-16-5-8-17(9-6-16)15(2)3/h5-15H,4H2,1-3H3,(H2,24,26,28,30)(H2,25,27,29,31)/b14-7+. The predicted molar refractivity (Wildman–Crippen MR) is 135 cm³/mol. The van der Waals surface area contributed by atoms with Crippen LogP contribution in [0.1, 0.15) is 44.2 Å². The van der Waals surface area contributed by atoms with E-state index < -0.39 is 0 Å². The second-order valence-corrected chi connectivity index (χ2v) is 7.85. The molecular formula is C23H26N4O2S2. The third-order valence-electron chi connectivity index (χ3n) is 4.24. The minimum absolute atomic E-state index is 0.154. The van der Waals surface area contributed by atoms with Gasteiger partial charge >= 0.3 is 0 Å². The van der Waals surface area contributed by atoms with Gasteiger partial charge in [-0.1, -0.05) is 45.0 Å². The van der Waals surface area contributed by atoms with Crippen LogP contribution in [-0.4, -0.2) is 22.0 Å². The molecule has 0 bridgehead atoms. The van der Waals surface area contributed by atoms with Crippen LogP contribution in [0.5, 0.6) is 0 Å². The van der Waals surface area contributed by atoms with Crippen molar-refractivity contribution >= 4 is 63.9 Å². The molecule has 0 saturated carbocycles. The smallest absolute Gasteiger partial charge is 0.250 e. The number of thiocarbonyl (C=S) groups is 2. The van der Waals surface area contributed by atoms with Crippen molar-refractivity contribution in [2.75, 3.05) is 10.6 Å². The monoisotopic (exact) mass is 454 g/mol. The fourth-order valence-corrected chi connectivity index (χ4v) is 2.94. The van der Waals surface area contributed by atoms with E-state index in [1.807, 2.05) is 12.1 Å². The topological polar surface area (TPSA) is 82.3 Å². The van der Waals surface area contributed by atoms with Gasteiger partial charge in [-0.05, 0) is 71.8 Å². The summed E-state index contributed by atoms with van der Waals surface area (Å²) in [6, 6.07) is 15.2. The van der Waals surface area contributed by atoms with Crippen LogP contribution in [0.4, 0.5) is 11.4 Å². The van der Waals surface area contributed by atoms with Gasteiger partial charge in [0.1, 0.15) is 0 Å². The van der Waals surface area contributed by atoms with Crippen LogP contribution >= 0.6 is 24.4 Å². The SMILES string of the molecule is CCC(=O)NC(=S)Nc1ccc(NC(=S)NC(=O)/C=C/c2ccc(C(C)C)cc2)cc1. The Morgan fingerprint density at radius 1 is 0.871 bits per heavy atom. The molecule has 0 aliphatic carbocycles. The Morgan fingerprint density at radius 2 is 1.39 bits per heavy atom. The normalized spacial score (nSPS) is 10.6. The molecule has 6 nitrogen and oxygen atoms in total. The molecule has 0 unspecified atom stereocenters. The number of amides is 2. The lowest BCUT2D eigenvalue weighted by atomic mass is 10.0. The Labute approximate surface area is 193 Å². The van der Waals surface area contributed by atoms with E-state index >= 15 is 0 Å². The van der Waals surface area contributed by atoms with E-state index in [9.17, 15) is 9.59 Å². The molecule has 0 spiro atoms. The highest BCUT2D eigenvalue weighted by molar-refractivity contribution is 7.80. The quantitative estimate of drug-likeness (QED) is 0.378. The van der Waals surface area contributed by atoms with Gasteiger partial charge in [0.25, 0.3) is 0 Å². The van der Waals surface area contributed by atoms with Crippen LogP contribution in [0.3, 0.4) is 0 Å². The minimum atomic E-state index is -0.319. The van der Waals surface area contributed by atoms with Gasteiger partial charge in [-0.2, -0.15) is 0 Å². The van der Waals surface area contributed by atoms with Crippen molar-refractivity contribution in [1.82, 2.24) is 10.6 Å². The summed E-state index contributed by atoms with van der Waals surface area (Å²) in [5.74, 6) is -0.00705. The number of hydrogen-bond acceptors (Lipinski definition) is 4. The van der Waals surface area contributed by atoms with E-state index in [4.69, 9.17) is 24.4 Å². The first kappa shape index (κ1) is 24.2. The Morgan fingerprint density at radius 3 is 1.87 bits per heavy atom. The highest BCUT2D eigenvalue weighted by Crippen LogP contribution is 2.15. The zero-order chi connectivity index (χ0) is 22.8. The van der Waals surface area contributed by atoms with Crippen LogP contribution in [0.25, 0.3) is 6.08 Å². The molecule has 0 radical (unpaired) electrons. The van der Waals surface area contributed by atoms with E-state index in [1.54, 1.807) is 37.3 Å². The summed E-state index contributed by atoms with van der Waals surface area (Å²) in [6.45, 7) is 6.02. The molecule has 0 saturated heterocycles. The van der Waals surface area contributed by atoms with Crippen LogP contribution < -0.4 is 21.3 Å². The second-order valence-electron chi connectivity index (χ2n) is 7.03. The molecule has 0 heterocycles. The van der Waals surface area contributed by atoms with Gasteiger partial charge in [0.05, 0.1) is 0 Å². The van der Waals surface area contributed by atoms with Crippen molar-refractivity contribution in [2.24, 2.45) is 0 Å². The summed E-state index contributed by atoms with van der Waals surface area (Å²) >= 11 is 10.3. The van der Waals surface area contributed by atoms with Crippen LogP contribution in [0.2, 0.25) is 0 Å². The summed E-state index contributed by atoms with van der Waals surface area (Å²) < 4.78 is 0. The Balaban J connectivity index is 1.82. The van der Waals surface area contributed by atoms with E-state index in [2.05, 4.69) is 47.2 Å². The zero-order valence-electron chi connectivity index (χ0n) is 17.7. The predicted octanol–water partition coefficient (Wildman–Crippen LogP) is 4.56. The van der Waals surface area contributed by atoms with Crippen molar-refractivity contribution in [3.63, 3.8) is 0 Å². The number of nitrogens with one attached hydrogen (secondary N) is 4. The van der Waals surface area contributed by atoms with Gasteiger partial charge in [0, 0.05) is 23.9 Å². The van der Waals surface area contributed by atoms with E-state index in [1.165, 1.54) is 11.6 Å². The molecular weight excluding hydrogens is 428 g/mol. The molecule has 2 rings (SSSR count). The van der Waals surface area contributed by atoms with Crippen molar-refractivity contribution in [2.45, 2.75) is 33.1 Å². The van der Waals surface area contributed by atoms with Crippen LogP contribution in [0, 0.1) is 0 Å². The maximum atomic E-state index is 12.1. The fourth-order valence-electron chi connectivity index (χ4n) is 2.49. The third-order valence-corrected chi connectivity index (χ3v) is 4.65. The molecule has 2 aromatic carbocycles. The zero-order valence-corrected chi connectivity index (χ0v) is 19.3. The van der Waals surface area contributed by atoms with Crippen molar-refractivity contribution in [3.8, 4) is 0 Å². The van der Waals surface area contributed by atoms with E-state index in [-0.39, 0.29) is 22.0 Å². The molecule has 0 aromatic heterocycles. The summed E-state index contributed by atoms with van der Waals surface area (Å²) in [4.78, 5) is 23.4. The van der Waals surface area contributed by atoms with Crippen molar-refractivity contribution in [1.29, 1.82) is 0 Å². The van der Waals surface area contributed by atoms with Crippen LogP contribution in [0.15, 0.2) is 54.6 Å². The molecule has 31 heavy (non-hydrogen) atoms. The molecule has 0 fully saturated rings. The molecule has 4 N–H and O–H groups in total. The number of anilines is 2. The lowest BCUT2D eigenvalue weighted by Gasteiger charge is -2.11. The lowest BCUT2D eigenvalue weighted by Crippen LogP contribution is -2.33. The number of hydrogen-bond donors (Lipinski definition) is 4. The Bertz CT molecular complexity index is 968. The van der Waals surface area contributed by atoms with Gasteiger partial charge in [-0.25, -0.2) is 0 Å². The Hall–Kier alpha value is -3.10. The lowest BCUT2D eigenvalue weighted by molar-refractivity contribution is -0.119. The van der Waals surface area contributed by atoms with Gasteiger partial charge in [-0.3, -0.25) is 14.9 Å². The number of carbonyl (C=O) groups is 2. The third kappa shape index (κ3) is 8.65.